The van der Waals surface area contributed by atoms with E-state index in [4.69, 9.17) is 9.47 Å². The third kappa shape index (κ3) is 2.71. The molecule has 0 aromatic heterocycles. The SMILES string of the molecule is O=[N+]([O-])c1cccc(F)c1OCC1CCCO1. The largest absolute Gasteiger partial charge is 0.482 e. The number of benzene rings is 1. The first-order valence-corrected chi connectivity index (χ1v) is 5.36. The Balaban J connectivity index is 2.10. The van der Waals surface area contributed by atoms with Crippen LogP contribution in [0.1, 0.15) is 12.8 Å². The molecular formula is C11H12FNO4. The summed E-state index contributed by atoms with van der Waals surface area (Å²) in [7, 11) is 0. The molecule has 2 rings (SSSR count). The van der Waals surface area contributed by atoms with Crippen LogP contribution < -0.4 is 4.74 Å². The van der Waals surface area contributed by atoms with E-state index < -0.39 is 10.7 Å². The molecule has 1 unspecified atom stereocenters. The zero-order valence-electron chi connectivity index (χ0n) is 9.10. The van der Waals surface area contributed by atoms with Crippen molar-refractivity contribution in [2.24, 2.45) is 0 Å². The van der Waals surface area contributed by atoms with E-state index in [1.54, 1.807) is 0 Å². The molecule has 0 N–H and O–H groups in total. The second kappa shape index (κ2) is 5.09. The lowest BCUT2D eigenvalue weighted by Crippen LogP contribution is -2.17. The summed E-state index contributed by atoms with van der Waals surface area (Å²) in [6, 6.07) is 3.64. The van der Waals surface area contributed by atoms with E-state index in [1.807, 2.05) is 0 Å². The van der Waals surface area contributed by atoms with Crippen molar-refractivity contribution in [1.82, 2.24) is 0 Å². The van der Waals surface area contributed by atoms with Crippen molar-refractivity contribution in [3.63, 3.8) is 0 Å². The normalized spacial score (nSPS) is 19.2. The summed E-state index contributed by atoms with van der Waals surface area (Å²) in [6.45, 7) is 0.801. The standard InChI is InChI=1S/C11H12FNO4/c12-9-4-1-5-10(13(14)15)11(9)17-7-8-3-2-6-16-8/h1,4-5,8H,2-3,6-7H2. The molecule has 17 heavy (non-hydrogen) atoms. The van der Waals surface area contributed by atoms with Crippen molar-refractivity contribution in [1.29, 1.82) is 0 Å². The predicted molar refractivity (Wildman–Crippen MR) is 57.5 cm³/mol. The number of nitro benzene ring substituents is 1. The van der Waals surface area contributed by atoms with Gasteiger partial charge in [-0.25, -0.2) is 4.39 Å². The minimum Gasteiger partial charge on any atom is -0.482 e. The van der Waals surface area contributed by atoms with Crippen LogP contribution in [0, 0.1) is 15.9 Å². The van der Waals surface area contributed by atoms with E-state index in [1.165, 1.54) is 12.1 Å². The lowest BCUT2D eigenvalue weighted by atomic mass is 10.2. The summed E-state index contributed by atoms with van der Waals surface area (Å²) in [4.78, 5) is 10.0. The summed E-state index contributed by atoms with van der Waals surface area (Å²) >= 11 is 0. The maximum atomic E-state index is 13.4. The van der Waals surface area contributed by atoms with Gasteiger partial charge in [0.2, 0.25) is 5.75 Å². The molecule has 1 saturated heterocycles. The molecule has 0 radical (unpaired) electrons. The lowest BCUT2D eigenvalue weighted by molar-refractivity contribution is -0.386. The molecule has 0 bridgehead atoms. The van der Waals surface area contributed by atoms with E-state index in [0.29, 0.717) is 6.61 Å². The molecule has 0 amide bonds. The topological polar surface area (TPSA) is 61.6 Å². The van der Waals surface area contributed by atoms with Crippen LogP contribution in [0.2, 0.25) is 0 Å². The molecule has 1 aliphatic rings. The van der Waals surface area contributed by atoms with Gasteiger partial charge in [-0.05, 0) is 18.9 Å². The molecule has 1 atom stereocenters. The minimum absolute atomic E-state index is 0.103. The average Bonchev–Trinajstić information content (AvgIpc) is 2.80. The third-order valence-electron chi connectivity index (χ3n) is 2.58. The zero-order chi connectivity index (χ0) is 12.3. The number of rotatable bonds is 4. The fourth-order valence-corrected chi connectivity index (χ4v) is 1.74. The Morgan fingerprint density at radius 2 is 2.41 bits per heavy atom. The van der Waals surface area contributed by atoms with E-state index in [0.717, 1.165) is 18.9 Å². The highest BCUT2D eigenvalue weighted by molar-refractivity contribution is 5.46. The Morgan fingerprint density at radius 3 is 3.06 bits per heavy atom. The molecule has 6 heteroatoms. The lowest BCUT2D eigenvalue weighted by Gasteiger charge is -2.11. The van der Waals surface area contributed by atoms with Crippen LogP contribution in [0.15, 0.2) is 18.2 Å². The van der Waals surface area contributed by atoms with Gasteiger partial charge >= 0.3 is 5.69 Å². The minimum atomic E-state index is -0.725. The Bertz CT molecular complexity index is 418. The number of halogens is 1. The summed E-state index contributed by atoms with van der Waals surface area (Å²) in [5.41, 5.74) is -0.358. The van der Waals surface area contributed by atoms with Crippen LogP contribution in [0.4, 0.5) is 10.1 Å². The van der Waals surface area contributed by atoms with E-state index >= 15 is 0 Å². The summed E-state index contributed by atoms with van der Waals surface area (Å²) in [6.07, 6.45) is 1.67. The molecule has 1 aromatic rings. The number of nitro groups is 1. The van der Waals surface area contributed by atoms with Crippen molar-refractivity contribution in [2.45, 2.75) is 18.9 Å². The molecule has 0 aliphatic carbocycles. The van der Waals surface area contributed by atoms with Crippen LogP contribution >= 0.6 is 0 Å². The molecule has 1 heterocycles. The van der Waals surface area contributed by atoms with Crippen LogP contribution in [0.5, 0.6) is 5.75 Å². The highest BCUT2D eigenvalue weighted by atomic mass is 19.1. The fraction of sp³-hybridized carbons (Fsp3) is 0.455. The van der Waals surface area contributed by atoms with Gasteiger partial charge < -0.3 is 9.47 Å². The summed E-state index contributed by atoms with van der Waals surface area (Å²) in [5, 5.41) is 10.7. The predicted octanol–water partition coefficient (Wildman–Crippen LogP) is 2.29. The van der Waals surface area contributed by atoms with E-state index in [2.05, 4.69) is 0 Å². The number of nitrogens with zero attached hydrogens (tertiary/aromatic N) is 1. The van der Waals surface area contributed by atoms with Crippen LogP contribution in [0.3, 0.4) is 0 Å². The Morgan fingerprint density at radius 1 is 1.59 bits per heavy atom. The Labute approximate surface area is 97.3 Å². The van der Waals surface area contributed by atoms with E-state index in [9.17, 15) is 14.5 Å². The van der Waals surface area contributed by atoms with Gasteiger partial charge in [0.1, 0.15) is 6.61 Å². The second-order valence-corrected chi connectivity index (χ2v) is 3.79. The smallest absolute Gasteiger partial charge is 0.314 e. The molecule has 1 aromatic carbocycles. The Hall–Kier alpha value is -1.69. The first-order chi connectivity index (χ1) is 8.18. The summed E-state index contributed by atoms with van der Waals surface area (Å²) in [5.74, 6) is -1.04. The molecule has 1 aliphatic heterocycles. The van der Waals surface area contributed by atoms with Gasteiger partial charge in [-0.1, -0.05) is 6.07 Å². The Kier molecular flexibility index (Phi) is 3.53. The number of hydrogen-bond donors (Lipinski definition) is 0. The summed E-state index contributed by atoms with van der Waals surface area (Å²) < 4.78 is 23.9. The van der Waals surface area contributed by atoms with Gasteiger partial charge in [0, 0.05) is 12.7 Å². The van der Waals surface area contributed by atoms with Crippen LogP contribution in [-0.4, -0.2) is 24.2 Å². The number of para-hydroxylation sites is 1. The molecule has 1 fully saturated rings. The highest BCUT2D eigenvalue weighted by Gasteiger charge is 2.22. The van der Waals surface area contributed by atoms with Gasteiger partial charge in [0.25, 0.3) is 0 Å². The van der Waals surface area contributed by atoms with Crippen LogP contribution in [-0.2, 0) is 4.74 Å². The monoisotopic (exact) mass is 241 g/mol. The maximum absolute atomic E-state index is 13.4. The average molecular weight is 241 g/mol. The maximum Gasteiger partial charge on any atom is 0.314 e. The molecule has 92 valence electrons. The van der Waals surface area contributed by atoms with E-state index in [-0.39, 0.29) is 24.1 Å². The molecule has 0 saturated carbocycles. The number of hydrogen-bond acceptors (Lipinski definition) is 4. The van der Waals surface area contributed by atoms with Crippen molar-refractivity contribution >= 4 is 5.69 Å². The van der Waals surface area contributed by atoms with Gasteiger partial charge in [0.05, 0.1) is 11.0 Å². The molecule has 5 nitrogen and oxygen atoms in total. The van der Waals surface area contributed by atoms with Gasteiger partial charge in [-0.2, -0.15) is 0 Å². The highest BCUT2D eigenvalue weighted by Crippen LogP contribution is 2.30. The zero-order valence-corrected chi connectivity index (χ0v) is 9.10. The van der Waals surface area contributed by atoms with Crippen molar-refractivity contribution in [3.8, 4) is 5.75 Å². The third-order valence-corrected chi connectivity index (χ3v) is 2.58. The fourth-order valence-electron chi connectivity index (χ4n) is 1.74. The number of ether oxygens (including phenoxy) is 2. The van der Waals surface area contributed by atoms with Gasteiger partial charge in [-0.3, -0.25) is 10.1 Å². The van der Waals surface area contributed by atoms with Crippen molar-refractivity contribution in [2.75, 3.05) is 13.2 Å². The van der Waals surface area contributed by atoms with Crippen molar-refractivity contribution in [3.05, 3.63) is 34.1 Å². The molecular weight excluding hydrogens is 229 g/mol. The van der Waals surface area contributed by atoms with Crippen LogP contribution in [0.25, 0.3) is 0 Å². The van der Waals surface area contributed by atoms with Gasteiger partial charge in [-0.15, -0.1) is 0 Å². The van der Waals surface area contributed by atoms with Crippen molar-refractivity contribution < 1.29 is 18.8 Å². The quantitative estimate of drug-likeness (QED) is 0.599. The first-order valence-electron chi connectivity index (χ1n) is 5.36. The van der Waals surface area contributed by atoms with Gasteiger partial charge in [0.15, 0.2) is 5.82 Å². The second-order valence-electron chi connectivity index (χ2n) is 3.79. The first kappa shape index (κ1) is 11.8. The molecule has 0 spiro atoms.